The highest BCUT2D eigenvalue weighted by Crippen LogP contribution is 2.23. The van der Waals surface area contributed by atoms with Gasteiger partial charge in [0.2, 0.25) is 5.88 Å². The van der Waals surface area contributed by atoms with Gasteiger partial charge in [-0.15, -0.1) is 0 Å². The van der Waals surface area contributed by atoms with Crippen molar-refractivity contribution in [1.29, 1.82) is 0 Å². The molecule has 1 amide bonds. The van der Waals surface area contributed by atoms with E-state index < -0.39 is 16.1 Å². The molecule has 0 saturated heterocycles. The zero-order valence-electron chi connectivity index (χ0n) is 17.5. The molecule has 0 saturated carbocycles. The zero-order chi connectivity index (χ0) is 22.6. The molecule has 31 heavy (non-hydrogen) atoms. The van der Waals surface area contributed by atoms with Crippen LogP contribution in [0.1, 0.15) is 18.2 Å². The first-order valence-corrected chi connectivity index (χ1v) is 10.9. The number of amides is 1. The Bertz CT molecular complexity index is 1150. The molecule has 2 N–H and O–H groups in total. The lowest BCUT2D eigenvalue weighted by atomic mass is 10.3. The summed E-state index contributed by atoms with van der Waals surface area (Å²) < 4.78 is 43.1. The molecule has 0 aliphatic carbocycles. The van der Waals surface area contributed by atoms with Crippen molar-refractivity contribution in [3.05, 3.63) is 59.8 Å². The minimum atomic E-state index is -3.86. The van der Waals surface area contributed by atoms with E-state index in [1.54, 1.807) is 52.1 Å². The largest absolute Gasteiger partial charge is 0.497 e. The van der Waals surface area contributed by atoms with Gasteiger partial charge >= 0.3 is 0 Å². The first-order valence-electron chi connectivity index (χ1n) is 9.37. The molecule has 1 heterocycles. The Morgan fingerprint density at radius 2 is 1.65 bits per heavy atom. The molecule has 9 nitrogen and oxygen atoms in total. The Morgan fingerprint density at radius 1 is 1.03 bits per heavy atom. The molecule has 10 heteroatoms. The van der Waals surface area contributed by atoms with Crippen molar-refractivity contribution < 1.29 is 27.2 Å². The van der Waals surface area contributed by atoms with Crippen LogP contribution in [-0.4, -0.2) is 32.7 Å². The first kappa shape index (κ1) is 22.2. The molecule has 164 valence electrons. The van der Waals surface area contributed by atoms with Crippen molar-refractivity contribution >= 4 is 27.5 Å². The number of nitrogens with one attached hydrogen (secondary N) is 2. The highest BCUT2D eigenvalue weighted by atomic mass is 32.2. The maximum absolute atomic E-state index is 12.5. The van der Waals surface area contributed by atoms with Gasteiger partial charge in [-0.05, 0) is 69.3 Å². The number of carbonyl (C=O) groups is 1. The van der Waals surface area contributed by atoms with Crippen LogP contribution in [0, 0.1) is 13.8 Å². The van der Waals surface area contributed by atoms with Gasteiger partial charge in [0.1, 0.15) is 11.5 Å². The average molecular weight is 445 g/mol. The van der Waals surface area contributed by atoms with E-state index >= 15 is 0 Å². The second kappa shape index (κ2) is 9.09. The third kappa shape index (κ3) is 5.34. The minimum absolute atomic E-state index is 0.0153. The Balaban J connectivity index is 1.62. The van der Waals surface area contributed by atoms with Gasteiger partial charge in [-0.25, -0.2) is 13.1 Å². The number of nitrogens with zero attached hydrogens (tertiary/aromatic N) is 1. The number of hydrogen-bond donors (Lipinski definition) is 2. The fourth-order valence-corrected chi connectivity index (χ4v) is 3.61. The van der Waals surface area contributed by atoms with Gasteiger partial charge in [0.25, 0.3) is 15.9 Å². The monoisotopic (exact) mass is 445 g/mol. The number of hydrogen-bond acceptors (Lipinski definition) is 7. The van der Waals surface area contributed by atoms with Crippen molar-refractivity contribution in [2.75, 3.05) is 17.1 Å². The van der Waals surface area contributed by atoms with Gasteiger partial charge < -0.3 is 19.3 Å². The van der Waals surface area contributed by atoms with E-state index in [0.717, 1.165) is 0 Å². The fraction of sp³-hybridized carbons (Fsp3) is 0.238. The molecular weight excluding hydrogens is 422 g/mol. The minimum Gasteiger partial charge on any atom is -0.497 e. The van der Waals surface area contributed by atoms with E-state index in [4.69, 9.17) is 14.0 Å². The van der Waals surface area contributed by atoms with Crippen molar-refractivity contribution in [2.24, 2.45) is 0 Å². The van der Waals surface area contributed by atoms with Crippen molar-refractivity contribution in [3.8, 4) is 11.5 Å². The molecule has 3 aromatic rings. The number of aromatic nitrogens is 1. The van der Waals surface area contributed by atoms with Gasteiger partial charge in [0.15, 0.2) is 6.10 Å². The van der Waals surface area contributed by atoms with Crippen molar-refractivity contribution in [1.82, 2.24) is 5.16 Å². The van der Waals surface area contributed by atoms with Gasteiger partial charge in [0, 0.05) is 11.3 Å². The normalized spacial score (nSPS) is 12.1. The van der Waals surface area contributed by atoms with Crippen LogP contribution in [0.15, 0.2) is 57.9 Å². The summed E-state index contributed by atoms with van der Waals surface area (Å²) in [6, 6.07) is 12.6. The van der Waals surface area contributed by atoms with Crippen LogP contribution in [0.4, 0.5) is 11.6 Å². The van der Waals surface area contributed by atoms with Gasteiger partial charge in [0.05, 0.1) is 17.7 Å². The summed E-state index contributed by atoms with van der Waals surface area (Å²) in [5.41, 5.74) is 1.64. The maximum Gasteiger partial charge on any atom is 0.265 e. The first-order chi connectivity index (χ1) is 14.7. The third-order valence-corrected chi connectivity index (χ3v) is 5.90. The molecule has 3 rings (SSSR count). The smallest absolute Gasteiger partial charge is 0.265 e. The molecule has 0 spiro atoms. The summed E-state index contributed by atoms with van der Waals surface area (Å²) in [5, 5.41) is 6.42. The topological polar surface area (TPSA) is 120 Å². The molecule has 0 aliphatic rings. The predicted molar refractivity (Wildman–Crippen MR) is 115 cm³/mol. The van der Waals surface area contributed by atoms with Crippen LogP contribution in [0.3, 0.4) is 0 Å². The molecule has 0 aliphatic heterocycles. The van der Waals surface area contributed by atoms with Crippen LogP contribution in [-0.2, 0) is 14.8 Å². The van der Waals surface area contributed by atoms with E-state index in [2.05, 4.69) is 15.2 Å². The quantitative estimate of drug-likeness (QED) is 0.544. The van der Waals surface area contributed by atoms with Gasteiger partial charge in [-0.3, -0.25) is 4.79 Å². The van der Waals surface area contributed by atoms with Crippen LogP contribution in [0.5, 0.6) is 11.5 Å². The van der Waals surface area contributed by atoms with Crippen molar-refractivity contribution in [2.45, 2.75) is 31.8 Å². The number of sulfonamides is 1. The lowest BCUT2D eigenvalue weighted by molar-refractivity contribution is -0.122. The number of aryl methyl sites for hydroxylation is 1. The highest BCUT2D eigenvalue weighted by Gasteiger charge is 2.20. The van der Waals surface area contributed by atoms with E-state index in [9.17, 15) is 13.2 Å². The Morgan fingerprint density at radius 3 is 2.19 bits per heavy atom. The lowest BCUT2D eigenvalue weighted by Gasteiger charge is -2.15. The Hall–Kier alpha value is -3.53. The van der Waals surface area contributed by atoms with Gasteiger partial charge in [-0.2, -0.15) is 0 Å². The molecule has 1 atom stereocenters. The lowest BCUT2D eigenvalue weighted by Crippen LogP contribution is -2.30. The molecule has 2 aromatic carbocycles. The summed E-state index contributed by atoms with van der Waals surface area (Å²) in [5.74, 6) is 0.896. The summed E-state index contributed by atoms with van der Waals surface area (Å²) in [4.78, 5) is 12.4. The molecule has 1 aromatic heterocycles. The van der Waals surface area contributed by atoms with Crippen LogP contribution < -0.4 is 19.5 Å². The van der Waals surface area contributed by atoms with E-state index in [0.29, 0.717) is 28.4 Å². The molecule has 0 fully saturated rings. The number of carbonyl (C=O) groups excluding carboxylic acids is 1. The summed E-state index contributed by atoms with van der Waals surface area (Å²) in [6.45, 7) is 5.04. The predicted octanol–water partition coefficient (Wildman–Crippen LogP) is 3.51. The highest BCUT2D eigenvalue weighted by molar-refractivity contribution is 7.92. The second-order valence-electron chi connectivity index (χ2n) is 6.78. The fourth-order valence-electron chi connectivity index (χ4n) is 2.56. The Labute approximate surface area is 180 Å². The van der Waals surface area contributed by atoms with E-state index in [1.165, 1.54) is 24.3 Å². The molecule has 0 bridgehead atoms. The van der Waals surface area contributed by atoms with Gasteiger partial charge in [-0.1, -0.05) is 5.16 Å². The zero-order valence-corrected chi connectivity index (χ0v) is 18.3. The summed E-state index contributed by atoms with van der Waals surface area (Å²) in [6.07, 6.45) is -0.767. The van der Waals surface area contributed by atoms with Crippen LogP contribution >= 0.6 is 0 Å². The number of anilines is 2. The van der Waals surface area contributed by atoms with E-state index in [-0.39, 0.29) is 16.7 Å². The number of methoxy groups -OCH3 is 1. The average Bonchev–Trinajstić information content (AvgIpc) is 3.06. The summed E-state index contributed by atoms with van der Waals surface area (Å²) >= 11 is 0. The van der Waals surface area contributed by atoms with Crippen molar-refractivity contribution in [3.63, 3.8) is 0 Å². The SMILES string of the molecule is COc1ccc(OC(C)C(=O)Nc2ccc(S(=O)(=O)Nc3onc(C)c3C)cc2)cc1. The third-order valence-electron chi connectivity index (χ3n) is 4.56. The van der Waals surface area contributed by atoms with Crippen LogP contribution in [0.2, 0.25) is 0 Å². The van der Waals surface area contributed by atoms with Crippen LogP contribution in [0.25, 0.3) is 0 Å². The molecular formula is C21H23N3O6S. The number of rotatable bonds is 8. The number of ether oxygens (including phenoxy) is 2. The maximum atomic E-state index is 12.5. The molecule has 0 radical (unpaired) electrons. The number of benzene rings is 2. The standard InChI is InChI=1S/C21H23N3O6S/c1-13-14(2)23-30-21(13)24-31(26,27)19-11-5-16(6-12-19)22-20(25)15(3)29-18-9-7-17(28-4)8-10-18/h5-12,15,24H,1-4H3,(H,22,25). The Kier molecular flexibility index (Phi) is 6.50. The second-order valence-corrected chi connectivity index (χ2v) is 8.46. The van der Waals surface area contributed by atoms with E-state index in [1.807, 2.05) is 0 Å². The summed E-state index contributed by atoms with van der Waals surface area (Å²) in [7, 11) is -2.30. The molecule has 1 unspecified atom stereocenters.